The highest BCUT2D eigenvalue weighted by Crippen LogP contribution is 2.45. The summed E-state index contributed by atoms with van der Waals surface area (Å²) in [5, 5.41) is 10.6. The van der Waals surface area contributed by atoms with Gasteiger partial charge in [0.2, 0.25) is 0 Å². The minimum Gasteiger partial charge on any atom is -0.462 e. The Labute approximate surface area is 617 Å². The first-order valence-electron chi connectivity index (χ1n) is 39.1. The second-order valence-corrected chi connectivity index (χ2v) is 28.4. The number of hydrogen-bond donors (Lipinski definition) is 3. The molecule has 582 valence electrons. The summed E-state index contributed by atoms with van der Waals surface area (Å²) in [4.78, 5) is 72.8. The Morgan fingerprint density at radius 3 is 0.892 bits per heavy atom. The van der Waals surface area contributed by atoms with E-state index in [-0.39, 0.29) is 25.7 Å². The van der Waals surface area contributed by atoms with Gasteiger partial charge in [0, 0.05) is 25.7 Å². The lowest BCUT2D eigenvalue weighted by atomic mass is 10.0. The van der Waals surface area contributed by atoms with E-state index in [1.54, 1.807) is 0 Å². The van der Waals surface area contributed by atoms with Crippen molar-refractivity contribution in [3.8, 4) is 0 Å². The molecule has 0 heterocycles. The Bertz CT molecular complexity index is 2510. The van der Waals surface area contributed by atoms with Crippen molar-refractivity contribution in [1.82, 2.24) is 0 Å². The second kappa shape index (κ2) is 74.2. The van der Waals surface area contributed by atoms with Crippen LogP contribution in [0.25, 0.3) is 0 Å². The maximum absolute atomic E-state index is 13.1. The Morgan fingerprint density at radius 2 is 0.539 bits per heavy atom. The summed E-state index contributed by atoms with van der Waals surface area (Å²) >= 11 is 0. The SMILES string of the molecule is CC/C=C\C/C=C\C/C=C\C/C=C\C/C=C\C/C=C\CCC(=O)OCC(COP(=O)(O)OCC(O)COP(=O)(O)OCC(COC(=O)CCCCC/C=C\C/C=C\C/C=C\C/C=C\C/C=C\CC)OC(=O)CCCCCCCCCCCCCCC)OC(=O)CCCCCCC/C=C\CCCC. The zero-order valence-electron chi connectivity index (χ0n) is 63.5. The molecule has 0 radical (unpaired) electrons. The number of phosphoric ester groups is 2. The summed E-state index contributed by atoms with van der Waals surface area (Å²) in [6, 6.07) is 0. The van der Waals surface area contributed by atoms with Crippen LogP contribution in [0.1, 0.15) is 297 Å². The number of phosphoric acid groups is 2. The number of aliphatic hydroxyl groups excluding tert-OH is 1. The van der Waals surface area contributed by atoms with E-state index in [2.05, 4.69) is 155 Å². The lowest BCUT2D eigenvalue weighted by molar-refractivity contribution is -0.161. The smallest absolute Gasteiger partial charge is 0.462 e. The van der Waals surface area contributed by atoms with Crippen LogP contribution in [0.2, 0.25) is 0 Å². The van der Waals surface area contributed by atoms with Gasteiger partial charge in [-0.3, -0.25) is 37.3 Å². The summed E-state index contributed by atoms with van der Waals surface area (Å²) in [6.07, 6.45) is 84.3. The number of allylic oxidation sites excluding steroid dienone is 24. The Hall–Kier alpha value is -5.06. The van der Waals surface area contributed by atoms with E-state index < -0.39 is 97.5 Å². The molecule has 0 aromatic carbocycles. The third-order valence-electron chi connectivity index (χ3n) is 15.8. The van der Waals surface area contributed by atoms with E-state index in [0.29, 0.717) is 32.1 Å². The van der Waals surface area contributed by atoms with Gasteiger partial charge in [-0.25, -0.2) is 9.13 Å². The fraction of sp³-hybridized carbons (Fsp3) is 0.663. The Balaban J connectivity index is 5.40. The first-order chi connectivity index (χ1) is 49.7. The molecule has 5 unspecified atom stereocenters. The van der Waals surface area contributed by atoms with Crippen LogP contribution in [-0.4, -0.2) is 96.7 Å². The quantitative estimate of drug-likeness (QED) is 0.0169. The number of esters is 4. The van der Waals surface area contributed by atoms with Crippen LogP contribution >= 0.6 is 15.6 Å². The fourth-order valence-corrected chi connectivity index (χ4v) is 11.5. The molecule has 0 rings (SSSR count). The predicted molar refractivity (Wildman–Crippen MR) is 417 cm³/mol. The van der Waals surface area contributed by atoms with E-state index in [4.69, 9.17) is 37.0 Å². The molecule has 0 saturated carbocycles. The van der Waals surface area contributed by atoms with E-state index >= 15 is 0 Å². The zero-order chi connectivity index (χ0) is 74.6. The number of hydrogen-bond acceptors (Lipinski definition) is 15. The van der Waals surface area contributed by atoms with Gasteiger partial charge in [0.25, 0.3) is 0 Å². The van der Waals surface area contributed by atoms with Crippen LogP contribution in [-0.2, 0) is 65.4 Å². The van der Waals surface area contributed by atoms with Gasteiger partial charge in [-0.15, -0.1) is 0 Å². The van der Waals surface area contributed by atoms with Crippen LogP contribution in [0.4, 0.5) is 0 Å². The van der Waals surface area contributed by atoms with Crippen molar-refractivity contribution < 1.29 is 80.2 Å². The van der Waals surface area contributed by atoms with Crippen molar-refractivity contribution in [3.63, 3.8) is 0 Å². The van der Waals surface area contributed by atoms with Gasteiger partial charge in [0.1, 0.15) is 19.3 Å². The summed E-state index contributed by atoms with van der Waals surface area (Å²) in [5.74, 6) is -2.32. The molecule has 3 N–H and O–H groups in total. The predicted octanol–water partition coefficient (Wildman–Crippen LogP) is 22.7. The van der Waals surface area contributed by atoms with E-state index in [0.717, 1.165) is 148 Å². The number of aliphatic hydroxyl groups is 1. The number of unbranched alkanes of at least 4 members (excludes halogenated alkanes) is 22. The highest BCUT2D eigenvalue weighted by Gasteiger charge is 2.30. The Kier molecular flexibility index (Phi) is 70.5. The van der Waals surface area contributed by atoms with E-state index in [9.17, 15) is 43.2 Å². The third kappa shape index (κ3) is 73.3. The normalized spacial score (nSPS) is 14.7. The average Bonchev–Trinajstić information content (AvgIpc) is 0.928. The van der Waals surface area contributed by atoms with Gasteiger partial charge in [-0.2, -0.15) is 0 Å². The van der Waals surface area contributed by atoms with Crippen LogP contribution in [0, 0.1) is 0 Å². The van der Waals surface area contributed by atoms with Crippen LogP contribution in [0.3, 0.4) is 0 Å². The zero-order valence-corrected chi connectivity index (χ0v) is 65.3. The number of carbonyl (C=O) groups is 4. The second-order valence-electron chi connectivity index (χ2n) is 25.5. The third-order valence-corrected chi connectivity index (χ3v) is 17.7. The number of ether oxygens (including phenoxy) is 4. The first kappa shape index (κ1) is 96.9. The van der Waals surface area contributed by atoms with Crippen molar-refractivity contribution in [3.05, 3.63) is 146 Å². The number of rotatable bonds is 72. The largest absolute Gasteiger partial charge is 0.472 e. The topological polar surface area (TPSA) is 237 Å². The molecular formula is C83H138O17P2. The van der Waals surface area contributed by atoms with Crippen LogP contribution in [0.15, 0.2) is 146 Å². The Morgan fingerprint density at radius 1 is 0.284 bits per heavy atom. The molecule has 0 aromatic rings. The monoisotopic (exact) mass is 1470 g/mol. The molecule has 0 aliphatic heterocycles. The molecule has 17 nitrogen and oxygen atoms in total. The van der Waals surface area contributed by atoms with Crippen molar-refractivity contribution in [1.29, 1.82) is 0 Å². The molecule has 0 bridgehead atoms. The molecule has 19 heteroatoms. The molecule has 0 aliphatic carbocycles. The fourth-order valence-electron chi connectivity index (χ4n) is 9.90. The maximum atomic E-state index is 13.1. The summed E-state index contributed by atoms with van der Waals surface area (Å²) in [7, 11) is -9.99. The minimum atomic E-state index is -5.00. The van der Waals surface area contributed by atoms with Crippen molar-refractivity contribution in [2.75, 3.05) is 39.6 Å². The van der Waals surface area contributed by atoms with Crippen molar-refractivity contribution in [2.24, 2.45) is 0 Å². The average molecular weight is 1470 g/mol. The van der Waals surface area contributed by atoms with Crippen molar-refractivity contribution in [2.45, 2.75) is 316 Å². The van der Waals surface area contributed by atoms with Crippen molar-refractivity contribution >= 4 is 39.5 Å². The first-order valence-corrected chi connectivity index (χ1v) is 42.1. The summed E-state index contributed by atoms with van der Waals surface area (Å²) in [6.45, 7) is 4.47. The van der Waals surface area contributed by atoms with Crippen LogP contribution in [0.5, 0.6) is 0 Å². The highest BCUT2D eigenvalue weighted by atomic mass is 31.2. The van der Waals surface area contributed by atoms with Crippen LogP contribution < -0.4 is 0 Å². The van der Waals surface area contributed by atoms with Gasteiger partial charge in [0.05, 0.1) is 26.4 Å². The molecule has 0 fully saturated rings. The van der Waals surface area contributed by atoms with E-state index in [1.807, 2.05) is 18.2 Å². The molecule has 5 atom stereocenters. The van der Waals surface area contributed by atoms with Gasteiger partial charge < -0.3 is 33.8 Å². The molecule has 0 aliphatic rings. The van der Waals surface area contributed by atoms with E-state index in [1.165, 1.54) is 64.2 Å². The van der Waals surface area contributed by atoms with Gasteiger partial charge in [-0.05, 0) is 128 Å². The van der Waals surface area contributed by atoms with Gasteiger partial charge in [0.15, 0.2) is 12.2 Å². The standard InChI is InChI=1S/C83H138O17P2/c1-5-9-13-17-21-25-29-32-34-36-38-40-42-45-48-51-55-59-63-67-80(85)93-73-78(99-82(87)69-65-61-57-53-47-28-24-20-16-12-8-4)75-97-101(89,90)95-71-77(84)72-96-102(91,92)98-76-79(100-83(88)70-66-62-58-54-50-44-31-27-23-19-15-11-7-3)74-94-81(86)68-64-60-56-52-49-46-43-41-39-37-35-33-30-26-22-18-14-10-6-2/h9-10,13-14,20-22,24-26,32-35,38-41,45-46,48-49,55,59,77-79,84H,5-8,11-12,15-19,23,27-31,36-37,42-44,47,50-54,56-58,60-76H2,1-4H3,(H,89,90)(H,91,92)/b13-9-,14-10-,24-20-,25-21-,26-22-,34-32-,35-33-,40-38-,41-39-,48-45-,49-46-,59-55-. The molecule has 0 saturated heterocycles. The maximum Gasteiger partial charge on any atom is 0.472 e. The van der Waals surface area contributed by atoms with Gasteiger partial charge >= 0.3 is 39.5 Å². The lowest BCUT2D eigenvalue weighted by Gasteiger charge is -2.21. The molecule has 0 aromatic heterocycles. The summed E-state index contributed by atoms with van der Waals surface area (Å²) in [5.41, 5.74) is 0. The lowest BCUT2D eigenvalue weighted by Crippen LogP contribution is -2.30. The molecule has 0 spiro atoms. The summed E-state index contributed by atoms with van der Waals surface area (Å²) < 4.78 is 68.4. The molecule has 0 amide bonds. The minimum absolute atomic E-state index is 0.0310. The van der Waals surface area contributed by atoms with Gasteiger partial charge in [-0.1, -0.05) is 289 Å². The molecule has 102 heavy (non-hydrogen) atoms. The number of carbonyl (C=O) groups excluding carboxylic acids is 4. The highest BCUT2D eigenvalue weighted by molar-refractivity contribution is 7.47. The molecular weight excluding hydrogens is 1330 g/mol.